The summed E-state index contributed by atoms with van der Waals surface area (Å²) in [5.41, 5.74) is 0.785. The zero-order valence-electron chi connectivity index (χ0n) is 9.52. The molecule has 0 spiro atoms. The Bertz CT molecular complexity index is 359. The number of nitrogens with one attached hydrogen (secondary N) is 1. The van der Waals surface area contributed by atoms with E-state index in [2.05, 4.69) is 5.32 Å². The number of hydrogen-bond acceptors (Lipinski definition) is 5. The van der Waals surface area contributed by atoms with Crippen molar-refractivity contribution in [2.45, 2.75) is 37.6 Å². The summed E-state index contributed by atoms with van der Waals surface area (Å²) in [5, 5.41) is 31.9. The van der Waals surface area contributed by atoms with Crippen molar-refractivity contribution in [1.29, 1.82) is 0 Å². The SMILES string of the molecule is C[C@@H]1O[C@@H](Nc2ccccc2)[C@H](O)[C@@H](O)[C@H]1O. The summed E-state index contributed by atoms with van der Waals surface area (Å²) in [4.78, 5) is 0. The van der Waals surface area contributed by atoms with Crippen LogP contribution < -0.4 is 5.32 Å². The maximum atomic E-state index is 9.79. The van der Waals surface area contributed by atoms with Crippen LogP contribution in [0.5, 0.6) is 0 Å². The molecule has 0 unspecified atom stereocenters. The number of hydrogen-bond donors (Lipinski definition) is 4. The van der Waals surface area contributed by atoms with Gasteiger partial charge in [-0.1, -0.05) is 18.2 Å². The molecule has 0 aromatic heterocycles. The van der Waals surface area contributed by atoms with Crippen LogP contribution in [-0.2, 0) is 4.74 Å². The molecule has 5 atom stereocenters. The molecule has 1 aromatic carbocycles. The zero-order valence-corrected chi connectivity index (χ0v) is 9.52. The third kappa shape index (κ3) is 2.58. The van der Waals surface area contributed by atoms with Gasteiger partial charge in [-0.15, -0.1) is 0 Å². The molecule has 0 bridgehead atoms. The molecule has 1 aromatic rings. The van der Waals surface area contributed by atoms with E-state index in [4.69, 9.17) is 4.74 Å². The molecule has 0 amide bonds. The van der Waals surface area contributed by atoms with Gasteiger partial charge in [-0.25, -0.2) is 0 Å². The molecule has 1 aliphatic rings. The van der Waals surface area contributed by atoms with Crippen molar-refractivity contribution in [2.75, 3.05) is 5.32 Å². The van der Waals surface area contributed by atoms with E-state index in [0.717, 1.165) is 5.69 Å². The van der Waals surface area contributed by atoms with Crippen molar-refractivity contribution in [1.82, 2.24) is 0 Å². The van der Waals surface area contributed by atoms with Crippen molar-refractivity contribution >= 4 is 5.69 Å². The Morgan fingerprint density at radius 2 is 1.65 bits per heavy atom. The molecule has 1 aliphatic heterocycles. The molecule has 0 aliphatic carbocycles. The van der Waals surface area contributed by atoms with Crippen molar-refractivity contribution in [3.8, 4) is 0 Å². The van der Waals surface area contributed by atoms with E-state index in [1.165, 1.54) is 0 Å². The molecule has 17 heavy (non-hydrogen) atoms. The van der Waals surface area contributed by atoms with Crippen LogP contribution in [0.3, 0.4) is 0 Å². The fraction of sp³-hybridized carbons (Fsp3) is 0.500. The van der Waals surface area contributed by atoms with Gasteiger partial charge in [0.1, 0.15) is 18.3 Å². The minimum atomic E-state index is -1.21. The van der Waals surface area contributed by atoms with Gasteiger partial charge in [-0.05, 0) is 19.1 Å². The van der Waals surface area contributed by atoms with Crippen LogP contribution in [0.25, 0.3) is 0 Å². The van der Waals surface area contributed by atoms with Crippen LogP contribution >= 0.6 is 0 Å². The third-order valence-corrected chi connectivity index (χ3v) is 2.93. The largest absolute Gasteiger partial charge is 0.388 e. The predicted molar refractivity (Wildman–Crippen MR) is 62.4 cm³/mol. The van der Waals surface area contributed by atoms with Crippen LogP contribution in [0.2, 0.25) is 0 Å². The maximum Gasteiger partial charge on any atom is 0.157 e. The topological polar surface area (TPSA) is 82.0 Å². The van der Waals surface area contributed by atoms with Gasteiger partial charge in [0.05, 0.1) is 6.10 Å². The second-order valence-corrected chi connectivity index (χ2v) is 4.24. The summed E-state index contributed by atoms with van der Waals surface area (Å²) in [6, 6.07) is 9.25. The molecular formula is C12H17NO4. The van der Waals surface area contributed by atoms with Gasteiger partial charge < -0.3 is 25.4 Å². The highest BCUT2D eigenvalue weighted by Crippen LogP contribution is 2.22. The Balaban J connectivity index is 2.06. The van der Waals surface area contributed by atoms with Crippen molar-refractivity contribution in [2.24, 2.45) is 0 Å². The standard InChI is InChI=1S/C12H17NO4/c1-7-9(14)10(15)11(16)12(17-7)13-8-5-3-2-4-6-8/h2-7,9-16H,1H3/t7-,9-,10-,11+,12+/m0/s1. The number of benzene rings is 1. The molecule has 0 saturated carbocycles. The first kappa shape index (κ1) is 12.3. The molecule has 94 valence electrons. The Morgan fingerprint density at radius 3 is 2.29 bits per heavy atom. The predicted octanol–water partition coefficient (Wildman–Crippen LogP) is -0.0740. The fourth-order valence-electron chi connectivity index (χ4n) is 1.87. The summed E-state index contributed by atoms with van der Waals surface area (Å²) in [7, 11) is 0. The minimum absolute atomic E-state index is 0.533. The van der Waals surface area contributed by atoms with E-state index in [1.807, 2.05) is 30.3 Å². The first-order valence-corrected chi connectivity index (χ1v) is 5.61. The van der Waals surface area contributed by atoms with Crippen LogP contribution in [0.15, 0.2) is 30.3 Å². The highest BCUT2D eigenvalue weighted by atomic mass is 16.5. The Kier molecular flexibility index (Phi) is 3.63. The van der Waals surface area contributed by atoms with Gasteiger partial charge in [0.15, 0.2) is 6.23 Å². The Hall–Kier alpha value is -1.14. The lowest BCUT2D eigenvalue weighted by Crippen LogP contribution is -2.58. The summed E-state index contributed by atoms with van der Waals surface area (Å²) in [6.07, 6.45) is -4.71. The van der Waals surface area contributed by atoms with E-state index >= 15 is 0 Å². The summed E-state index contributed by atoms with van der Waals surface area (Å²) in [6.45, 7) is 1.65. The quantitative estimate of drug-likeness (QED) is 0.580. The van der Waals surface area contributed by atoms with Crippen LogP contribution in [0.1, 0.15) is 6.92 Å². The first-order valence-electron chi connectivity index (χ1n) is 5.61. The summed E-state index contributed by atoms with van der Waals surface area (Å²) >= 11 is 0. The second-order valence-electron chi connectivity index (χ2n) is 4.24. The molecule has 1 saturated heterocycles. The molecule has 1 fully saturated rings. The highest BCUT2D eigenvalue weighted by Gasteiger charge is 2.41. The van der Waals surface area contributed by atoms with E-state index in [9.17, 15) is 15.3 Å². The Morgan fingerprint density at radius 1 is 1.00 bits per heavy atom. The summed E-state index contributed by atoms with van der Waals surface area (Å²) < 4.78 is 5.41. The van der Waals surface area contributed by atoms with Gasteiger partial charge in [-0.3, -0.25) is 0 Å². The summed E-state index contributed by atoms with van der Waals surface area (Å²) in [5.74, 6) is 0. The fourth-order valence-corrected chi connectivity index (χ4v) is 1.87. The number of aliphatic hydroxyl groups is 3. The molecule has 2 rings (SSSR count). The highest BCUT2D eigenvalue weighted by molar-refractivity contribution is 5.43. The van der Waals surface area contributed by atoms with E-state index in [1.54, 1.807) is 6.92 Å². The van der Waals surface area contributed by atoms with Crippen molar-refractivity contribution < 1.29 is 20.1 Å². The minimum Gasteiger partial charge on any atom is -0.388 e. The second kappa shape index (κ2) is 5.01. The van der Waals surface area contributed by atoms with Crippen LogP contribution in [0.4, 0.5) is 5.69 Å². The van der Waals surface area contributed by atoms with Gasteiger partial charge in [0.2, 0.25) is 0 Å². The van der Waals surface area contributed by atoms with Crippen molar-refractivity contribution in [3.05, 3.63) is 30.3 Å². The number of ether oxygens (including phenoxy) is 1. The number of rotatable bonds is 2. The molecule has 5 nitrogen and oxygen atoms in total. The first-order chi connectivity index (χ1) is 8.09. The van der Waals surface area contributed by atoms with Gasteiger partial charge >= 0.3 is 0 Å². The lowest BCUT2D eigenvalue weighted by Gasteiger charge is -2.39. The van der Waals surface area contributed by atoms with Gasteiger partial charge in [-0.2, -0.15) is 0 Å². The number of anilines is 1. The lowest BCUT2D eigenvalue weighted by atomic mass is 9.99. The average molecular weight is 239 g/mol. The zero-order chi connectivity index (χ0) is 12.4. The average Bonchev–Trinajstić information content (AvgIpc) is 2.35. The van der Waals surface area contributed by atoms with Gasteiger partial charge in [0.25, 0.3) is 0 Å². The number of para-hydroxylation sites is 1. The lowest BCUT2D eigenvalue weighted by molar-refractivity contribution is -0.209. The molecule has 5 heteroatoms. The molecule has 1 heterocycles. The third-order valence-electron chi connectivity index (χ3n) is 2.93. The van der Waals surface area contributed by atoms with Crippen LogP contribution in [-0.4, -0.2) is 46.0 Å². The number of aliphatic hydroxyl groups excluding tert-OH is 3. The smallest absolute Gasteiger partial charge is 0.157 e. The van der Waals surface area contributed by atoms with Crippen molar-refractivity contribution in [3.63, 3.8) is 0 Å². The Labute approximate surface area is 99.7 Å². The molecular weight excluding hydrogens is 222 g/mol. The monoisotopic (exact) mass is 239 g/mol. The molecule has 0 radical (unpaired) electrons. The normalized spacial score (nSPS) is 37.8. The van der Waals surface area contributed by atoms with Crippen LogP contribution in [0, 0.1) is 0 Å². The van der Waals surface area contributed by atoms with E-state index < -0.39 is 30.6 Å². The maximum absolute atomic E-state index is 9.79. The van der Waals surface area contributed by atoms with Gasteiger partial charge in [0, 0.05) is 5.69 Å². The molecule has 4 N–H and O–H groups in total. The van der Waals surface area contributed by atoms with E-state index in [-0.39, 0.29) is 0 Å². The van der Waals surface area contributed by atoms with E-state index in [0.29, 0.717) is 0 Å².